The van der Waals surface area contributed by atoms with Gasteiger partial charge in [0.25, 0.3) is 5.91 Å². The molecule has 0 spiro atoms. The number of amides is 1. The zero-order valence-corrected chi connectivity index (χ0v) is 20.0. The Balaban J connectivity index is 1.52. The molecule has 0 radical (unpaired) electrons. The molecule has 0 saturated carbocycles. The molecule has 0 aromatic heterocycles. The van der Waals surface area contributed by atoms with Gasteiger partial charge in [-0.25, -0.2) is 0 Å². The topological polar surface area (TPSA) is 62.1 Å². The lowest BCUT2D eigenvalue weighted by molar-refractivity contribution is -0.112. The average Bonchev–Trinajstić information content (AvgIpc) is 2.92. The van der Waals surface area contributed by atoms with Crippen LogP contribution in [0.2, 0.25) is 5.02 Å². The third-order valence-electron chi connectivity index (χ3n) is 5.97. The third-order valence-corrected chi connectivity index (χ3v) is 6.30. The molecule has 0 unspecified atom stereocenters. The predicted octanol–water partition coefficient (Wildman–Crippen LogP) is 7.77. The number of rotatable bonds is 6. The molecule has 0 heterocycles. The van der Waals surface area contributed by atoms with Crippen LogP contribution in [-0.2, 0) is 11.4 Å². The SMILES string of the molecule is N#C/C(=C\c1c(OCc2cccc3ccccc23)ccc2ccccc12)C(=O)Nc1ccccc1Cl. The highest BCUT2D eigenvalue weighted by atomic mass is 35.5. The maximum atomic E-state index is 13.0. The molecular weight excluding hydrogens is 468 g/mol. The van der Waals surface area contributed by atoms with E-state index in [0.29, 0.717) is 28.6 Å². The number of nitriles is 1. The van der Waals surface area contributed by atoms with Gasteiger partial charge < -0.3 is 10.1 Å². The van der Waals surface area contributed by atoms with Gasteiger partial charge in [-0.2, -0.15) is 5.26 Å². The molecule has 0 atom stereocenters. The smallest absolute Gasteiger partial charge is 0.266 e. The van der Waals surface area contributed by atoms with Gasteiger partial charge in [0.2, 0.25) is 0 Å². The van der Waals surface area contributed by atoms with Crippen molar-refractivity contribution in [3.63, 3.8) is 0 Å². The van der Waals surface area contributed by atoms with Gasteiger partial charge in [0, 0.05) is 5.56 Å². The normalized spacial score (nSPS) is 11.3. The highest BCUT2D eigenvalue weighted by Crippen LogP contribution is 2.32. The first kappa shape index (κ1) is 23.2. The van der Waals surface area contributed by atoms with Gasteiger partial charge >= 0.3 is 0 Å². The van der Waals surface area contributed by atoms with Gasteiger partial charge in [-0.15, -0.1) is 0 Å². The third kappa shape index (κ3) is 4.79. The first-order valence-electron chi connectivity index (χ1n) is 11.4. The Morgan fingerprint density at radius 1 is 0.833 bits per heavy atom. The molecule has 0 aliphatic rings. The first-order chi connectivity index (χ1) is 17.6. The number of para-hydroxylation sites is 1. The molecule has 5 aromatic rings. The van der Waals surface area contributed by atoms with Crippen LogP contribution in [0.25, 0.3) is 27.6 Å². The van der Waals surface area contributed by atoms with E-state index in [0.717, 1.165) is 27.1 Å². The van der Waals surface area contributed by atoms with Crippen LogP contribution in [0.1, 0.15) is 11.1 Å². The molecule has 0 bridgehead atoms. The zero-order chi connectivity index (χ0) is 24.9. The molecule has 1 amide bonds. The molecule has 5 rings (SSSR count). The quantitative estimate of drug-likeness (QED) is 0.196. The largest absolute Gasteiger partial charge is 0.488 e. The van der Waals surface area contributed by atoms with Crippen LogP contribution in [0.3, 0.4) is 0 Å². The van der Waals surface area contributed by atoms with Crippen LogP contribution in [0, 0.1) is 11.3 Å². The second kappa shape index (κ2) is 10.4. The van der Waals surface area contributed by atoms with Crippen molar-refractivity contribution in [2.45, 2.75) is 6.61 Å². The monoisotopic (exact) mass is 488 g/mol. The summed E-state index contributed by atoms with van der Waals surface area (Å²) in [5, 5.41) is 17.1. The van der Waals surface area contributed by atoms with Crippen molar-refractivity contribution in [1.82, 2.24) is 0 Å². The van der Waals surface area contributed by atoms with Gasteiger partial charge in [-0.3, -0.25) is 4.79 Å². The lowest BCUT2D eigenvalue weighted by Crippen LogP contribution is -2.13. The first-order valence-corrected chi connectivity index (χ1v) is 11.8. The summed E-state index contributed by atoms with van der Waals surface area (Å²) in [6.45, 7) is 0.342. The molecule has 174 valence electrons. The van der Waals surface area contributed by atoms with Crippen molar-refractivity contribution in [3.05, 3.63) is 125 Å². The summed E-state index contributed by atoms with van der Waals surface area (Å²) in [4.78, 5) is 13.0. The van der Waals surface area contributed by atoms with Crippen LogP contribution in [-0.4, -0.2) is 5.91 Å². The van der Waals surface area contributed by atoms with Crippen LogP contribution in [0.5, 0.6) is 5.75 Å². The number of carbonyl (C=O) groups is 1. The molecule has 0 fully saturated rings. The summed E-state index contributed by atoms with van der Waals surface area (Å²) in [6.07, 6.45) is 1.58. The van der Waals surface area contributed by atoms with Gasteiger partial charge in [-0.1, -0.05) is 96.5 Å². The summed E-state index contributed by atoms with van der Waals surface area (Å²) < 4.78 is 6.30. The van der Waals surface area contributed by atoms with Crippen molar-refractivity contribution in [2.24, 2.45) is 0 Å². The fourth-order valence-corrected chi connectivity index (χ4v) is 4.35. The summed E-state index contributed by atoms with van der Waals surface area (Å²) >= 11 is 6.18. The minimum absolute atomic E-state index is 0.0544. The second-order valence-corrected chi connectivity index (χ2v) is 8.64. The van der Waals surface area contributed by atoms with E-state index in [2.05, 4.69) is 23.5 Å². The molecule has 1 N–H and O–H groups in total. The molecule has 4 nitrogen and oxygen atoms in total. The van der Waals surface area contributed by atoms with Crippen molar-refractivity contribution in [3.8, 4) is 11.8 Å². The zero-order valence-electron chi connectivity index (χ0n) is 19.2. The fourth-order valence-electron chi connectivity index (χ4n) is 4.17. The maximum absolute atomic E-state index is 13.0. The molecule has 0 aliphatic carbocycles. The van der Waals surface area contributed by atoms with Crippen LogP contribution >= 0.6 is 11.6 Å². The van der Waals surface area contributed by atoms with Crippen LogP contribution in [0.4, 0.5) is 5.69 Å². The second-order valence-electron chi connectivity index (χ2n) is 8.23. The van der Waals surface area contributed by atoms with Crippen LogP contribution < -0.4 is 10.1 Å². The van der Waals surface area contributed by atoms with E-state index >= 15 is 0 Å². The average molecular weight is 489 g/mol. The molecule has 5 heteroatoms. The Hall–Kier alpha value is -4.59. The highest BCUT2D eigenvalue weighted by Gasteiger charge is 2.15. The van der Waals surface area contributed by atoms with E-state index in [1.807, 2.05) is 66.7 Å². The van der Waals surface area contributed by atoms with Gasteiger partial charge in [0.05, 0.1) is 10.7 Å². The van der Waals surface area contributed by atoms with Crippen molar-refractivity contribution in [1.29, 1.82) is 5.26 Å². The van der Waals surface area contributed by atoms with E-state index in [-0.39, 0.29) is 5.57 Å². The highest BCUT2D eigenvalue weighted by molar-refractivity contribution is 6.34. The number of fused-ring (bicyclic) bond motifs is 2. The number of carbonyl (C=O) groups excluding carboxylic acids is 1. The Morgan fingerprint density at radius 3 is 2.28 bits per heavy atom. The molecule has 0 aliphatic heterocycles. The van der Waals surface area contributed by atoms with Gasteiger partial charge in [-0.05, 0) is 51.4 Å². The molecule has 5 aromatic carbocycles. The molecule has 0 saturated heterocycles. The number of nitrogens with one attached hydrogen (secondary N) is 1. The number of nitrogens with zero attached hydrogens (tertiary/aromatic N) is 1. The number of anilines is 1. The lowest BCUT2D eigenvalue weighted by Gasteiger charge is -2.14. The minimum Gasteiger partial charge on any atom is -0.488 e. The van der Waals surface area contributed by atoms with Gasteiger partial charge in [0.15, 0.2) is 0 Å². The number of hydrogen-bond acceptors (Lipinski definition) is 3. The van der Waals surface area contributed by atoms with Gasteiger partial charge in [0.1, 0.15) is 24.0 Å². The Bertz CT molecular complexity index is 1660. The Labute approximate surface area is 214 Å². The Kier molecular flexibility index (Phi) is 6.66. The fraction of sp³-hybridized carbons (Fsp3) is 0.0323. The number of benzene rings is 5. The lowest BCUT2D eigenvalue weighted by atomic mass is 10.0. The maximum Gasteiger partial charge on any atom is 0.266 e. The molecular formula is C31H21ClN2O2. The predicted molar refractivity (Wildman–Crippen MR) is 146 cm³/mol. The summed E-state index contributed by atoms with van der Waals surface area (Å²) in [6, 6.07) is 34.9. The van der Waals surface area contributed by atoms with E-state index in [4.69, 9.17) is 16.3 Å². The van der Waals surface area contributed by atoms with E-state index in [1.54, 1.807) is 30.3 Å². The van der Waals surface area contributed by atoms with E-state index in [9.17, 15) is 10.1 Å². The minimum atomic E-state index is -0.543. The number of ether oxygens (including phenoxy) is 1. The van der Waals surface area contributed by atoms with Crippen LogP contribution in [0.15, 0.2) is 109 Å². The van der Waals surface area contributed by atoms with Crippen molar-refractivity contribution < 1.29 is 9.53 Å². The van der Waals surface area contributed by atoms with Crippen molar-refractivity contribution >= 4 is 50.8 Å². The van der Waals surface area contributed by atoms with E-state index in [1.165, 1.54) is 0 Å². The summed E-state index contributed by atoms with van der Waals surface area (Å²) in [5.41, 5.74) is 2.10. The number of hydrogen-bond donors (Lipinski definition) is 1. The van der Waals surface area contributed by atoms with E-state index < -0.39 is 5.91 Å². The Morgan fingerprint density at radius 2 is 1.50 bits per heavy atom. The summed E-state index contributed by atoms with van der Waals surface area (Å²) in [7, 11) is 0. The molecule has 36 heavy (non-hydrogen) atoms. The standard InChI is InChI=1S/C31H21ClN2O2/c32-28-14-5-6-15-29(28)34-31(35)24(19-33)18-27-26-13-4-2-9-22(26)16-17-30(27)36-20-23-11-7-10-21-8-1-3-12-25(21)23/h1-18H,20H2,(H,34,35)/b24-18+. The number of halogens is 1. The van der Waals surface area contributed by atoms with Crippen molar-refractivity contribution in [2.75, 3.05) is 5.32 Å². The summed E-state index contributed by atoms with van der Waals surface area (Å²) in [5.74, 6) is 0.0402.